The fourth-order valence-corrected chi connectivity index (χ4v) is 2.52. The number of hydrogen-bond donors (Lipinski definition) is 2. The number of rotatable bonds is 3. The molecule has 0 amide bonds. The van der Waals surface area contributed by atoms with Gasteiger partial charge < -0.3 is 10.3 Å². The smallest absolute Gasteiger partial charge is 0.0504 e. The van der Waals surface area contributed by atoms with Crippen molar-refractivity contribution in [1.29, 1.82) is 0 Å². The predicted octanol–water partition coefficient (Wildman–Crippen LogP) is 4.54. The van der Waals surface area contributed by atoms with Gasteiger partial charge in [-0.2, -0.15) is 0 Å². The van der Waals surface area contributed by atoms with Crippen molar-refractivity contribution in [2.45, 2.75) is 6.54 Å². The number of hydrogen-bond acceptors (Lipinski definition) is 1. The number of H-pyrrole nitrogens is 1. The Balaban J connectivity index is 1.85. The van der Waals surface area contributed by atoms with E-state index in [9.17, 15) is 0 Å². The molecule has 0 aliphatic rings. The van der Waals surface area contributed by atoms with Gasteiger partial charge in [0, 0.05) is 22.9 Å². The van der Waals surface area contributed by atoms with Gasteiger partial charge in [-0.05, 0) is 45.1 Å². The van der Waals surface area contributed by atoms with Crippen LogP contribution in [0.3, 0.4) is 0 Å². The molecule has 2 nitrogen and oxygen atoms in total. The maximum Gasteiger partial charge on any atom is 0.0504 e. The molecule has 0 saturated heterocycles. The minimum Gasteiger partial charge on any atom is -0.380 e. The minimum atomic E-state index is 0.806. The molecule has 3 aromatic rings. The first-order valence-electron chi connectivity index (χ1n) is 5.88. The quantitative estimate of drug-likeness (QED) is 0.730. The van der Waals surface area contributed by atoms with Gasteiger partial charge in [0.25, 0.3) is 0 Å². The highest BCUT2D eigenvalue weighted by atomic mass is 79.9. The standard InChI is InChI=1S/C15H13BrN2/c16-13-6-1-2-7-14(13)18-10-12-5-3-4-11-8-9-17-15(11)12/h1-9,17-18H,10H2. The second-order valence-corrected chi connectivity index (χ2v) is 5.05. The SMILES string of the molecule is Brc1ccccc1NCc1cccc2cc[nH]c12. The molecule has 3 rings (SSSR count). The van der Waals surface area contributed by atoms with E-state index >= 15 is 0 Å². The van der Waals surface area contributed by atoms with E-state index in [-0.39, 0.29) is 0 Å². The average molecular weight is 301 g/mol. The Morgan fingerprint density at radius 1 is 1.00 bits per heavy atom. The molecule has 0 unspecified atom stereocenters. The zero-order valence-corrected chi connectivity index (χ0v) is 11.4. The number of nitrogens with one attached hydrogen (secondary N) is 2. The summed E-state index contributed by atoms with van der Waals surface area (Å²) in [7, 11) is 0. The van der Waals surface area contributed by atoms with E-state index < -0.39 is 0 Å². The van der Waals surface area contributed by atoms with Crippen LogP contribution in [-0.2, 0) is 6.54 Å². The second kappa shape index (κ2) is 4.86. The lowest BCUT2D eigenvalue weighted by molar-refractivity contribution is 1.15. The molecule has 2 aromatic carbocycles. The summed E-state index contributed by atoms with van der Waals surface area (Å²) in [6, 6.07) is 16.6. The van der Waals surface area contributed by atoms with Crippen LogP contribution in [0.1, 0.15) is 5.56 Å². The van der Waals surface area contributed by atoms with E-state index in [1.165, 1.54) is 16.5 Å². The van der Waals surface area contributed by atoms with Gasteiger partial charge in [0.2, 0.25) is 0 Å². The third-order valence-electron chi connectivity index (χ3n) is 3.02. The van der Waals surface area contributed by atoms with Crippen LogP contribution in [0.4, 0.5) is 5.69 Å². The van der Waals surface area contributed by atoms with Crippen LogP contribution in [0, 0.1) is 0 Å². The van der Waals surface area contributed by atoms with E-state index in [1.54, 1.807) is 0 Å². The van der Waals surface area contributed by atoms with E-state index in [0.717, 1.165) is 16.7 Å². The fraction of sp³-hybridized carbons (Fsp3) is 0.0667. The summed E-state index contributed by atoms with van der Waals surface area (Å²) in [5, 5.41) is 4.70. The number of benzene rings is 2. The fourth-order valence-electron chi connectivity index (χ4n) is 2.09. The molecule has 0 aliphatic carbocycles. The number of fused-ring (bicyclic) bond motifs is 1. The summed E-state index contributed by atoms with van der Waals surface area (Å²) in [5.41, 5.74) is 3.59. The van der Waals surface area contributed by atoms with Gasteiger partial charge in [0.1, 0.15) is 0 Å². The van der Waals surface area contributed by atoms with Crippen molar-refractivity contribution in [3.63, 3.8) is 0 Å². The van der Waals surface area contributed by atoms with Crippen molar-refractivity contribution in [1.82, 2.24) is 4.98 Å². The lowest BCUT2D eigenvalue weighted by Gasteiger charge is -2.09. The van der Waals surface area contributed by atoms with E-state index in [1.807, 2.05) is 24.4 Å². The number of halogens is 1. The molecule has 1 heterocycles. The number of aromatic nitrogens is 1. The summed E-state index contributed by atoms with van der Waals surface area (Å²) in [4.78, 5) is 3.29. The number of para-hydroxylation sites is 2. The van der Waals surface area contributed by atoms with Gasteiger partial charge >= 0.3 is 0 Å². The van der Waals surface area contributed by atoms with Crippen LogP contribution in [-0.4, -0.2) is 4.98 Å². The monoisotopic (exact) mass is 300 g/mol. The summed E-state index contributed by atoms with van der Waals surface area (Å²) in [5.74, 6) is 0. The highest BCUT2D eigenvalue weighted by Crippen LogP contribution is 2.23. The molecule has 0 aliphatic heterocycles. The highest BCUT2D eigenvalue weighted by Gasteiger charge is 2.02. The Kier molecular flexibility index (Phi) is 3.07. The van der Waals surface area contributed by atoms with Gasteiger partial charge in [-0.15, -0.1) is 0 Å². The van der Waals surface area contributed by atoms with E-state index in [2.05, 4.69) is 56.6 Å². The molecule has 0 atom stereocenters. The summed E-state index contributed by atoms with van der Waals surface area (Å²) in [6.45, 7) is 0.806. The van der Waals surface area contributed by atoms with Crippen LogP contribution in [0.25, 0.3) is 10.9 Å². The molecule has 0 radical (unpaired) electrons. The molecule has 0 fully saturated rings. The first kappa shape index (κ1) is 11.4. The van der Waals surface area contributed by atoms with Crippen molar-refractivity contribution in [2.75, 3.05) is 5.32 Å². The Morgan fingerprint density at radius 2 is 1.89 bits per heavy atom. The van der Waals surface area contributed by atoms with E-state index in [0.29, 0.717) is 0 Å². The Bertz CT molecular complexity index is 673. The highest BCUT2D eigenvalue weighted by molar-refractivity contribution is 9.10. The second-order valence-electron chi connectivity index (χ2n) is 4.19. The maximum atomic E-state index is 3.54. The Morgan fingerprint density at radius 3 is 2.78 bits per heavy atom. The topological polar surface area (TPSA) is 27.8 Å². The predicted molar refractivity (Wildman–Crippen MR) is 79.8 cm³/mol. The van der Waals surface area contributed by atoms with Crippen LogP contribution in [0.2, 0.25) is 0 Å². The summed E-state index contributed by atoms with van der Waals surface area (Å²) in [6.07, 6.45) is 1.98. The third kappa shape index (κ3) is 2.14. The van der Waals surface area contributed by atoms with Gasteiger partial charge in [-0.3, -0.25) is 0 Å². The molecule has 0 spiro atoms. The number of anilines is 1. The first-order chi connectivity index (χ1) is 8.84. The van der Waals surface area contributed by atoms with Crippen LogP contribution >= 0.6 is 15.9 Å². The Hall–Kier alpha value is -1.74. The zero-order chi connectivity index (χ0) is 12.4. The first-order valence-corrected chi connectivity index (χ1v) is 6.67. The van der Waals surface area contributed by atoms with Crippen molar-refractivity contribution in [3.05, 3.63) is 64.8 Å². The van der Waals surface area contributed by atoms with Gasteiger partial charge in [0.05, 0.1) is 5.52 Å². The van der Waals surface area contributed by atoms with Crippen molar-refractivity contribution >= 4 is 32.5 Å². The Labute approximate surface area is 114 Å². The normalized spacial score (nSPS) is 10.7. The largest absolute Gasteiger partial charge is 0.380 e. The van der Waals surface area contributed by atoms with Crippen LogP contribution in [0.15, 0.2) is 59.2 Å². The van der Waals surface area contributed by atoms with Gasteiger partial charge in [-0.25, -0.2) is 0 Å². The van der Waals surface area contributed by atoms with Gasteiger partial charge in [0.15, 0.2) is 0 Å². The molecule has 2 N–H and O–H groups in total. The lowest BCUT2D eigenvalue weighted by atomic mass is 10.1. The molecule has 1 aromatic heterocycles. The summed E-state index contributed by atoms with van der Waals surface area (Å²) >= 11 is 3.54. The molecular formula is C15H13BrN2. The molecular weight excluding hydrogens is 288 g/mol. The van der Waals surface area contributed by atoms with Gasteiger partial charge in [-0.1, -0.05) is 30.3 Å². The van der Waals surface area contributed by atoms with Crippen LogP contribution < -0.4 is 5.32 Å². The van der Waals surface area contributed by atoms with Crippen molar-refractivity contribution < 1.29 is 0 Å². The van der Waals surface area contributed by atoms with Crippen molar-refractivity contribution in [2.24, 2.45) is 0 Å². The molecule has 3 heteroatoms. The molecule has 90 valence electrons. The van der Waals surface area contributed by atoms with Crippen LogP contribution in [0.5, 0.6) is 0 Å². The van der Waals surface area contributed by atoms with Crippen molar-refractivity contribution in [3.8, 4) is 0 Å². The summed E-state index contributed by atoms with van der Waals surface area (Å²) < 4.78 is 1.09. The molecule has 18 heavy (non-hydrogen) atoms. The number of aromatic amines is 1. The molecule has 0 saturated carbocycles. The third-order valence-corrected chi connectivity index (χ3v) is 3.71. The lowest BCUT2D eigenvalue weighted by Crippen LogP contribution is -2.00. The molecule has 0 bridgehead atoms. The minimum absolute atomic E-state index is 0.806. The zero-order valence-electron chi connectivity index (χ0n) is 9.78. The van der Waals surface area contributed by atoms with E-state index in [4.69, 9.17) is 0 Å². The maximum absolute atomic E-state index is 3.54. The average Bonchev–Trinajstić information content (AvgIpc) is 2.86.